The smallest absolute Gasteiger partial charge is 0.166 e. The number of nitrogens with one attached hydrogen (secondary N) is 1. The fourth-order valence-electron chi connectivity index (χ4n) is 3.14. The first kappa shape index (κ1) is 18.9. The second-order valence-corrected chi connectivity index (χ2v) is 6.40. The zero-order valence-corrected chi connectivity index (χ0v) is 15.0. The molecule has 134 valence electrons. The van der Waals surface area contributed by atoms with Gasteiger partial charge in [0.25, 0.3) is 0 Å². The Kier molecular flexibility index (Phi) is 7.69. The highest BCUT2D eigenvalue weighted by Gasteiger charge is 2.24. The Hall–Kier alpha value is -1.43. The summed E-state index contributed by atoms with van der Waals surface area (Å²) in [6, 6.07) is 7.39. The minimum atomic E-state index is 0.102. The van der Waals surface area contributed by atoms with Crippen LogP contribution < -0.4 is 9.64 Å². The van der Waals surface area contributed by atoms with Crippen LogP contribution in [0.5, 0.6) is 5.75 Å². The van der Waals surface area contributed by atoms with Crippen LogP contribution in [-0.2, 0) is 9.47 Å². The van der Waals surface area contributed by atoms with E-state index >= 15 is 0 Å². The van der Waals surface area contributed by atoms with E-state index in [-0.39, 0.29) is 5.78 Å². The van der Waals surface area contributed by atoms with Crippen molar-refractivity contribution in [2.24, 2.45) is 0 Å². The van der Waals surface area contributed by atoms with E-state index < -0.39 is 0 Å². The van der Waals surface area contributed by atoms with Gasteiger partial charge >= 0.3 is 0 Å². The number of ketones is 1. The molecule has 1 fully saturated rings. The second-order valence-electron chi connectivity index (χ2n) is 6.40. The number of carbonyl (C=O) groups excluding carboxylic acids is 1. The van der Waals surface area contributed by atoms with Crippen molar-refractivity contribution < 1.29 is 23.9 Å². The molecule has 0 radical (unpaired) electrons. The van der Waals surface area contributed by atoms with Gasteiger partial charge in [-0.2, -0.15) is 0 Å². The minimum Gasteiger partial charge on any atom is -0.490 e. The molecule has 1 aliphatic rings. The fraction of sp³-hybridized carbons (Fsp3) is 0.632. The summed E-state index contributed by atoms with van der Waals surface area (Å²) in [5, 5.41) is 0. The summed E-state index contributed by atoms with van der Waals surface area (Å²) in [6.45, 7) is 10.9. The first-order valence-electron chi connectivity index (χ1n) is 8.92. The number of ether oxygens (including phenoxy) is 3. The minimum absolute atomic E-state index is 0.102. The molecule has 0 saturated carbocycles. The lowest BCUT2D eigenvalue weighted by molar-refractivity contribution is -0.915. The first-order chi connectivity index (χ1) is 11.6. The lowest BCUT2D eigenvalue weighted by Crippen LogP contribution is -3.15. The topological polar surface area (TPSA) is 49.2 Å². The van der Waals surface area contributed by atoms with Crippen molar-refractivity contribution in [1.29, 1.82) is 0 Å². The molecule has 1 aliphatic heterocycles. The van der Waals surface area contributed by atoms with E-state index in [0.29, 0.717) is 49.8 Å². The SMILES string of the molecule is CCC(=O)c1ccccc1OCCOCC[NH+]1C[C@@H](C)O[C@H](C)C1. The van der Waals surface area contributed by atoms with Crippen LogP contribution in [-0.4, -0.2) is 57.4 Å². The van der Waals surface area contributed by atoms with Gasteiger partial charge in [0, 0.05) is 6.42 Å². The average molecular weight is 336 g/mol. The third kappa shape index (κ3) is 5.89. The third-order valence-corrected chi connectivity index (χ3v) is 4.21. The second kappa shape index (κ2) is 9.77. The summed E-state index contributed by atoms with van der Waals surface area (Å²) in [5.74, 6) is 0.750. The van der Waals surface area contributed by atoms with Crippen molar-refractivity contribution in [3.8, 4) is 5.75 Å². The van der Waals surface area contributed by atoms with E-state index in [9.17, 15) is 4.79 Å². The summed E-state index contributed by atoms with van der Waals surface area (Å²) in [6.07, 6.45) is 1.12. The highest BCUT2D eigenvalue weighted by atomic mass is 16.5. The van der Waals surface area contributed by atoms with Gasteiger partial charge in [-0.1, -0.05) is 19.1 Å². The maximum Gasteiger partial charge on any atom is 0.166 e. The molecule has 0 bridgehead atoms. The van der Waals surface area contributed by atoms with Crippen LogP contribution in [0.25, 0.3) is 0 Å². The van der Waals surface area contributed by atoms with Gasteiger partial charge in [-0.05, 0) is 26.0 Å². The van der Waals surface area contributed by atoms with Gasteiger partial charge in [-0.25, -0.2) is 0 Å². The average Bonchev–Trinajstić information content (AvgIpc) is 2.56. The molecule has 0 spiro atoms. The predicted octanol–water partition coefficient (Wildman–Crippen LogP) is 1.37. The first-order valence-corrected chi connectivity index (χ1v) is 8.92. The van der Waals surface area contributed by atoms with Crippen LogP contribution in [0, 0.1) is 0 Å². The molecule has 0 aliphatic carbocycles. The molecule has 1 aromatic rings. The lowest BCUT2D eigenvalue weighted by Gasteiger charge is -2.32. The van der Waals surface area contributed by atoms with Crippen molar-refractivity contribution in [1.82, 2.24) is 0 Å². The normalized spacial score (nSPS) is 23.9. The summed E-state index contributed by atoms with van der Waals surface area (Å²) < 4.78 is 17.1. The number of carbonyl (C=O) groups is 1. The van der Waals surface area contributed by atoms with Gasteiger partial charge in [-0.15, -0.1) is 0 Å². The van der Waals surface area contributed by atoms with Crippen molar-refractivity contribution in [3.05, 3.63) is 29.8 Å². The molecule has 0 unspecified atom stereocenters. The number of Topliss-reactive ketones (excluding diaryl/α,β-unsaturated/α-hetero) is 1. The summed E-state index contributed by atoms with van der Waals surface area (Å²) in [7, 11) is 0. The van der Waals surface area contributed by atoms with Crippen LogP contribution >= 0.6 is 0 Å². The fourth-order valence-corrected chi connectivity index (χ4v) is 3.14. The van der Waals surface area contributed by atoms with Gasteiger partial charge in [0.2, 0.25) is 0 Å². The standard InChI is InChI=1S/C19H29NO4/c1-4-18(21)17-7-5-6-8-19(17)23-12-11-22-10-9-20-13-15(2)24-16(3)14-20/h5-8,15-16H,4,9-14H2,1-3H3/p+1/t15-,16-/m1/s1. The Labute approximate surface area is 144 Å². The van der Waals surface area contributed by atoms with Gasteiger partial charge < -0.3 is 19.1 Å². The van der Waals surface area contributed by atoms with Crippen molar-refractivity contribution in [2.45, 2.75) is 39.4 Å². The monoisotopic (exact) mass is 336 g/mol. The molecule has 2 atom stereocenters. The predicted molar refractivity (Wildman–Crippen MR) is 93.0 cm³/mol. The molecular formula is C19H30NO4+. The molecule has 0 aromatic heterocycles. The number of benzene rings is 1. The number of hydrogen-bond donors (Lipinski definition) is 1. The highest BCUT2D eigenvalue weighted by molar-refractivity contribution is 5.98. The molecule has 5 heteroatoms. The summed E-state index contributed by atoms with van der Waals surface area (Å²) in [5.41, 5.74) is 0.653. The van der Waals surface area contributed by atoms with E-state index in [1.165, 1.54) is 4.90 Å². The van der Waals surface area contributed by atoms with Gasteiger partial charge in [-0.3, -0.25) is 4.79 Å². The van der Waals surface area contributed by atoms with E-state index in [1.807, 2.05) is 31.2 Å². The molecule has 1 aromatic carbocycles. The van der Waals surface area contributed by atoms with E-state index in [4.69, 9.17) is 14.2 Å². The van der Waals surface area contributed by atoms with Gasteiger partial charge in [0.1, 0.15) is 44.2 Å². The number of quaternary nitrogens is 1. The van der Waals surface area contributed by atoms with E-state index in [2.05, 4.69) is 13.8 Å². The molecule has 2 rings (SSSR count). The maximum absolute atomic E-state index is 11.9. The van der Waals surface area contributed by atoms with Crippen molar-refractivity contribution >= 4 is 5.78 Å². The Morgan fingerprint density at radius 3 is 2.58 bits per heavy atom. The summed E-state index contributed by atoms with van der Waals surface area (Å²) >= 11 is 0. The van der Waals surface area contributed by atoms with Crippen LogP contribution in [0.4, 0.5) is 0 Å². The van der Waals surface area contributed by atoms with Crippen LogP contribution in [0.1, 0.15) is 37.6 Å². The molecule has 1 heterocycles. The Bertz CT molecular complexity index is 510. The molecule has 24 heavy (non-hydrogen) atoms. The zero-order chi connectivity index (χ0) is 17.4. The highest BCUT2D eigenvalue weighted by Crippen LogP contribution is 2.19. The third-order valence-electron chi connectivity index (χ3n) is 4.21. The number of hydrogen-bond acceptors (Lipinski definition) is 4. The quantitative estimate of drug-likeness (QED) is 0.547. The van der Waals surface area contributed by atoms with Crippen LogP contribution in [0.15, 0.2) is 24.3 Å². The lowest BCUT2D eigenvalue weighted by atomic mass is 10.1. The van der Waals surface area contributed by atoms with Crippen LogP contribution in [0.3, 0.4) is 0 Å². The molecular weight excluding hydrogens is 306 g/mol. The molecule has 0 amide bonds. The van der Waals surface area contributed by atoms with Crippen LogP contribution in [0.2, 0.25) is 0 Å². The summed E-state index contributed by atoms with van der Waals surface area (Å²) in [4.78, 5) is 13.4. The largest absolute Gasteiger partial charge is 0.490 e. The molecule has 1 N–H and O–H groups in total. The van der Waals surface area contributed by atoms with Gasteiger partial charge in [0.15, 0.2) is 5.78 Å². The Morgan fingerprint density at radius 2 is 1.88 bits per heavy atom. The van der Waals surface area contributed by atoms with E-state index in [0.717, 1.165) is 19.6 Å². The van der Waals surface area contributed by atoms with Crippen molar-refractivity contribution in [2.75, 3.05) is 39.5 Å². The molecule has 5 nitrogen and oxygen atoms in total. The molecule has 1 saturated heterocycles. The van der Waals surface area contributed by atoms with E-state index in [1.54, 1.807) is 0 Å². The Balaban J connectivity index is 1.64. The maximum atomic E-state index is 11.9. The van der Waals surface area contributed by atoms with Gasteiger partial charge in [0.05, 0.1) is 18.8 Å². The zero-order valence-electron chi connectivity index (χ0n) is 15.0. The number of para-hydroxylation sites is 1. The number of rotatable bonds is 9. The van der Waals surface area contributed by atoms with Crippen molar-refractivity contribution in [3.63, 3.8) is 0 Å². The number of morpholine rings is 1. The Morgan fingerprint density at radius 1 is 1.17 bits per heavy atom.